The van der Waals surface area contributed by atoms with E-state index in [0.717, 1.165) is 48.7 Å². The Labute approximate surface area is 185 Å². The SMILES string of the molecule is CC(=O)N[C@@H](C)COC1CCC(Oc2cc3sc(OCC4(C#N)CC4)nc3cn2)CC1. The van der Waals surface area contributed by atoms with Crippen LogP contribution in [-0.2, 0) is 9.53 Å². The van der Waals surface area contributed by atoms with Gasteiger partial charge in [-0.3, -0.25) is 4.79 Å². The Morgan fingerprint density at radius 1 is 1.35 bits per heavy atom. The fraction of sp³-hybridized carbons (Fsp3) is 0.636. The van der Waals surface area contributed by atoms with Gasteiger partial charge < -0.3 is 19.5 Å². The van der Waals surface area contributed by atoms with E-state index in [1.165, 1.54) is 18.3 Å². The van der Waals surface area contributed by atoms with Crippen molar-refractivity contribution in [3.8, 4) is 17.1 Å². The summed E-state index contributed by atoms with van der Waals surface area (Å²) in [6.07, 6.45) is 7.51. The van der Waals surface area contributed by atoms with Crippen LogP contribution in [0.2, 0.25) is 0 Å². The number of rotatable bonds is 9. The molecule has 2 aliphatic carbocycles. The summed E-state index contributed by atoms with van der Waals surface area (Å²) in [6.45, 7) is 4.39. The van der Waals surface area contributed by atoms with E-state index >= 15 is 0 Å². The summed E-state index contributed by atoms with van der Waals surface area (Å²) < 4.78 is 18.8. The average molecular weight is 445 g/mol. The standard InChI is InChI=1S/C22H28N4O4S/c1-14(25-15(2)27)11-28-16-3-5-17(6-4-16)30-20-9-19-18(10-24-20)26-21(31-19)29-13-22(12-23)7-8-22/h9-10,14,16-17H,3-8,11,13H2,1-2H3,(H,25,27)/t14-,16?,17?/m0/s1. The van der Waals surface area contributed by atoms with Crippen molar-refractivity contribution in [2.75, 3.05) is 13.2 Å². The van der Waals surface area contributed by atoms with Gasteiger partial charge in [-0.05, 0) is 45.4 Å². The maximum absolute atomic E-state index is 11.1. The summed E-state index contributed by atoms with van der Waals surface area (Å²) in [5, 5.41) is 12.6. The summed E-state index contributed by atoms with van der Waals surface area (Å²) in [6, 6.07) is 4.26. The van der Waals surface area contributed by atoms with Crippen LogP contribution in [0.4, 0.5) is 0 Å². The lowest BCUT2D eigenvalue weighted by molar-refractivity contribution is -0.120. The minimum absolute atomic E-state index is 0.0189. The zero-order valence-electron chi connectivity index (χ0n) is 17.9. The fourth-order valence-electron chi connectivity index (χ4n) is 3.71. The van der Waals surface area contributed by atoms with E-state index in [2.05, 4.69) is 21.4 Å². The Kier molecular flexibility index (Phi) is 6.58. The van der Waals surface area contributed by atoms with Gasteiger partial charge in [-0.1, -0.05) is 11.3 Å². The first-order valence-electron chi connectivity index (χ1n) is 10.8. The maximum atomic E-state index is 11.1. The molecule has 2 heterocycles. The van der Waals surface area contributed by atoms with Crippen molar-refractivity contribution in [3.05, 3.63) is 12.3 Å². The van der Waals surface area contributed by atoms with E-state index in [0.29, 0.717) is 24.3 Å². The number of nitriles is 1. The van der Waals surface area contributed by atoms with Gasteiger partial charge in [-0.15, -0.1) is 0 Å². The van der Waals surface area contributed by atoms with Crippen LogP contribution in [0.1, 0.15) is 52.4 Å². The molecule has 0 aromatic carbocycles. The van der Waals surface area contributed by atoms with Gasteiger partial charge in [0, 0.05) is 19.0 Å². The Balaban J connectivity index is 1.24. The number of nitrogens with one attached hydrogen (secondary N) is 1. The van der Waals surface area contributed by atoms with Crippen LogP contribution in [0.25, 0.3) is 10.2 Å². The van der Waals surface area contributed by atoms with Crippen molar-refractivity contribution in [1.29, 1.82) is 5.26 Å². The Morgan fingerprint density at radius 3 is 2.77 bits per heavy atom. The third-order valence-corrected chi connectivity index (χ3v) is 6.66. The highest BCUT2D eigenvalue weighted by Gasteiger charge is 2.44. The van der Waals surface area contributed by atoms with Crippen molar-refractivity contribution >= 4 is 27.5 Å². The topological polar surface area (TPSA) is 106 Å². The quantitative estimate of drug-likeness (QED) is 0.630. The molecule has 1 atom stereocenters. The van der Waals surface area contributed by atoms with Crippen LogP contribution in [0, 0.1) is 16.7 Å². The van der Waals surface area contributed by atoms with E-state index in [1.807, 2.05) is 13.0 Å². The first-order valence-corrected chi connectivity index (χ1v) is 11.6. The van der Waals surface area contributed by atoms with E-state index in [9.17, 15) is 10.1 Å². The Morgan fingerprint density at radius 2 is 2.10 bits per heavy atom. The molecular weight excluding hydrogens is 416 g/mol. The van der Waals surface area contributed by atoms with Gasteiger partial charge in [0.2, 0.25) is 11.8 Å². The second-order valence-electron chi connectivity index (χ2n) is 8.60. The van der Waals surface area contributed by atoms with Crippen LogP contribution >= 0.6 is 11.3 Å². The predicted molar refractivity (Wildman–Crippen MR) is 116 cm³/mol. The molecule has 31 heavy (non-hydrogen) atoms. The summed E-state index contributed by atoms with van der Waals surface area (Å²) in [7, 11) is 0. The second-order valence-corrected chi connectivity index (χ2v) is 9.60. The van der Waals surface area contributed by atoms with Gasteiger partial charge >= 0.3 is 0 Å². The van der Waals surface area contributed by atoms with E-state index in [4.69, 9.17) is 14.2 Å². The van der Waals surface area contributed by atoms with Crippen molar-refractivity contribution in [1.82, 2.24) is 15.3 Å². The van der Waals surface area contributed by atoms with Gasteiger partial charge in [0.15, 0.2) is 0 Å². The lowest BCUT2D eigenvalue weighted by Crippen LogP contribution is -2.36. The smallest absolute Gasteiger partial charge is 0.274 e. The minimum Gasteiger partial charge on any atom is -0.474 e. The number of amides is 1. The number of aromatic nitrogens is 2. The molecule has 0 radical (unpaired) electrons. The normalized spacial score (nSPS) is 23.0. The zero-order chi connectivity index (χ0) is 21.8. The first kappa shape index (κ1) is 21.8. The predicted octanol–water partition coefficient (Wildman–Crippen LogP) is 3.61. The average Bonchev–Trinajstić information content (AvgIpc) is 3.42. The summed E-state index contributed by atoms with van der Waals surface area (Å²) in [5.74, 6) is 0.563. The summed E-state index contributed by atoms with van der Waals surface area (Å²) in [4.78, 5) is 19.9. The molecule has 0 aliphatic heterocycles. The van der Waals surface area contributed by atoms with Crippen molar-refractivity contribution in [3.63, 3.8) is 0 Å². The van der Waals surface area contributed by atoms with Crippen LogP contribution in [0.3, 0.4) is 0 Å². The van der Waals surface area contributed by atoms with E-state index in [1.54, 1.807) is 6.20 Å². The van der Waals surface area contributed by atoms with Crippen LogP contribution in [0.5, 0.6) is 11.1 Å². The van der Waals surface area contributed by atoms with Crippen LogP contribution in [0.15, 0.2) is 12.3 Å². The molecule has 166 valence electrons. The number of nitrogens with zero attached hydrogens (tertiary/aromatic N) is 3. The van der Waals surface area contributed by atoms with Gasteiger partial charge in [-0.25, -0.2) is 9.97 Å². The Bertz CT molecular complexity index is 960. The number of hydrogen-bond acceptors (Lipinski definition) is 8. The molecule has 2 fully saturated rings. The molecular formula is C22H28N4O4S. The third-order valence-electron chi connectivity index (χ3n) is 5.73. The number of carbonyl (C=O) groups is 1. The minimum atomic E-state index is -0.311. The Hall–Kier alpha value is -2.44. The first-order chi connectivity index (χ1) is 14.9. The maximum Gasteiger partial charge on any atom is 0.274 e. The molecule has 2 aliphatic rings. The number of thiazole rings is 1. The highest BCUT2D eigenvalue weighted by atomic mass is 32.1. The largest absolute Gasteiger partial charge is 0.474 e. The highest BCUT2D eigenvalue weighted by Crippen LogP contribution is 2.45. The van der Waals surface area contributed by atoms with E-state index in [-0.39, 0.29) is 29.6 Å². The molecule has 2 aromatic rings. The number of ether oxygens (including phenoxy) is 3. The zero-order valence-corrected chi connectivity index (χ0v) is 18.7. The number of carbonyl (C=O) groups excluding carboxylic acids is 1. The van der Waals surface area contributed by atoms with Crippen molar-refractivity contribution < 1.29 is 19.0 Å². The monoisotopic (exact) mass is 444 g/mol. The third kappa shape index (κ3) is 5.83. The molecule has 0 unspecified atom stereocenters. The number of pyridine rings is 1. The fourth-order valence-corrected chi connectivity index (χ4v) is 4.53. The molecule has 1 amide bonds. The molecule has 9 heteroatoms. The van der Waals surface area contributed by atoms with Crippen molar-refractivity contribution in [2.24, 2.45) is 5.41 Å². The summed E-state index contributed by atoms with van der Waals surface area (Å²) >= 11 is 1.45. The van der Waals surface area contributed by atoms with E-state index < -0.39 is 0 Å². The lowest BCUT2D eigenvalue weighted by Gasteiger charge is -2.29. The molecule has 0 bridgehead atoms. The van der Waals surface area contributed by atoms with Crippen LogP contribution in [-0.4, -0.2) is 47.3 Å². The van der Waals surface area contributed by atoms with Crippen LogP contribution < -0.4 is 14.8 Å². The van der Waals surface area contributed by atoms with Crippen molar-refractivity contribution in [2.45, 2.75) is 70.6 Å². The summed E-state index contributed by atoms with van der Waals surface area (Å²) in [5.41, 5.74) is 0.467. The molecule has 2 saturated carbocycles. The second kappa shape index (κ2) is 9.37. The van der Waals surface area contributed by atoms with Gasteiger partial charge in [-0.2, -0.15) is 5.26 Å². The lowest BCUT2D eigenvalue weighted by atomic mass is 9.95. The molecule has 8 nitrogen and oxygen atoms in total. The molecule has 0 spiro atoms. The molecule has 0 saturated heterocycles. The molecule has 2 aromatic heterocycles. The highest BCUT2D eigenvalue weighted by molar-refractivity contribution is 7.20. The van der Waals surface area contributed by atoms with Gasteiger partial charge in [0.1, 0.15) is 18.2 Å². The number of fused-ring (bicyclic) bond motifs is 1. The molecule has 4 rings (SSSR count). The van der Waals surface area contributed by atoms with Gasteiger partial charge in [0.05, 0.1) is 35.1 Å². The van der Waals surface area contributed by atoms with Gasteiger partial charge in [0.25, 0.3) is 5.19 Å². The number of hydrogen-bond donors (Lipinski definition) is 1. The molecule has 1 N–H and O–H groups in total.